The molecule has 1 aliphatic carbocycles. The molecular weight excluding hydrogens is 1270 g/mol. The molecule has 31 nitrogen and oxygen atoms in total. The van der Waals surface area contributed by atoms with E-state index >= 15 is 0 Å². The first-order valence-corrected chi connectivity index (χ1v) is 32.2. The van der Waals surface area contributed by atoms with Gasteiger partial charge in [0.1, 0.15) is 36.4 Å². The lowest BCUT2D eigenvalue weighted by atomic mass is 9.81. The maximum Gasteiger partial charge on any atom is 0.531 e. The Balaban J connectivity index is 1.22. The standard InChI is InChI=1S/C61H92BF3N14O17/c1-79(2,40-62(63,64)65)39-46-34-78(73-72-46)22-8-6-11-47(68-51(80)35-74-23-25-75(36-53(83)84)27-29-77(38-55(87)88)30-28-76(26-24-74)37-54(85)86)57(90)67-33-41-13-17-44(18-14-41)56(89)69-50(32-42-15-16-43-9-3-4-10-45(43)31-42)58(91)66-21-7-5-12-48(59(92)93)70-61(96)71-49(60(94)95)19-20-52(81)82/h3-4,9-10,15-16,31,34,41,44,47-50H,5-8,11-14,17-30,32-33,35-40H2,1-2H3,(H,66,91)(H,67,90)(H,68,80)(H,69,89)(H,81,82)(H,83,84)(H,85,86)(H,87,88)(H,92,93)(H,94,95)(H2,70,71,96)/t41?,44?,47-,48-,49-,50-/m0/s1. The Hall–Kier alpha value is -8.54. The van der Waals surface area contributed by atoms with Crippen LogP contribution in [0, 0.1) is 11.8 Å². The largest absolute Gasteiger partial charge is 0.531 e. The normalized spacial score (nSPS) is 17.8. The number of urea groups is 1. The zero-order valence-electron chi connectivity index (χ0n) is 54.3. The molecule has 0 unspecified atom stereocenters. The van der Waals surface area contributed by atoms with Crippen molar-refractivity contribution in [1.82, 2.24) is 66.5 Å². The van der Waals surface area contributed by atoms with Crippen molar-refractivity contribution in [3.05, 3.63) is 59.9 Å². The quantitative estimate of drug-likeness (QED) is 0.0211. The van der Waals surface area contributed by atoms with Crippen LogP contribution < -0.4 is 31.9 Å². The van der Waals surface area contributed by atoms with E-state index in [1.807, 2.05) is 42.5 Å². The number of fused-ring (bicyclic) bond motifs is 1. The Kier molecular flexibility index (Phi) is 31.6. The molecule has 2 heterocycles. The van der Waals surface area contributed by atoms with Crippen molar-refractivity contribution in [2.75, 3.05) is 112 Å². The summed E-state index contributed by atoms with van der Waals surface area (Å²) in [5.41, 5.74) is 1.12. The van der Waals surface area contributed by atoms with E-state index in [0.29, 0.717) is 50.8 Å². The van der Waals surface area contributed by atoms with Crippen molar-refractivity contribution < 1.29 is 101 Å². The minimum absolute atomic E-state index is 0.0189. The van der Waals surface area contributed by atoms with Crippen molar-refractivity contribution in [1.29, 1.82) is 0 Å². The zero-order chi connectivity index (χ0) is 70.5. The van der Waals surface area contributed by atoms with Crippen LogP contribution in [0.3, 0.4) is 0 Å². The van der Waals surface area contributed by atoms with Crippen LogP contribution in [0.2, 0.25) is 0 Å². The van der Waals surface area contributed by atoms with Crippen LogP contribution in [0.25, 0.3) is 10.8 Å². The highest BCUT2D eigenvalue weighted by Gasteiger charge is 2.35. The summed E-state index contributed by atoms with van der Waals surface area (Å²) in [6.07, 6.45) is 2.76. The van der Waals surface area contributed by atoms with E-state index < -0.39 is 116 Å². The van der Waals surface area contributed by atoms with Gasteiger partial charge in [-0.3, -0.25) is 62.6 Å². The van der Waals surface area contributed by atoms with Crippen LogP contribution in [0.1, 0.15) is 88.3 Å². The van der Waals surface area contributed by atoms with Gasteiger partial charge in [-0.15, -0.1) is 5.10 Å². The summed E-state index contributed by atoms with van der Waals surface area (Å²) in [4.78, 5) is 145. The third kappa shape index (κ3) is 30.0. The second-order valence-corrected chi connectivity index (χ2v) is 25.4. The molecule has 1 saturated carbocycles. The summed E-state index contributed by atoms with van der Waals surface area (Å²) in [5, 5.41) is 83.0. The molecule has 12 N–H and O–H groups in total. The Morgan fingerprint density at radius 3 is 1.65 bits per heavy atom. The number of carbonyl (C=O) groups excluding carboxylic acids is 5. The van der Waals surface area contributed by atoms with Gasteiger partial charge in [0.25, 0.3) is 0 Å². The average molecular weight is 1360 g/mol. The number of nitrogens with one attached hydrogen (secondary N) is 6. The fraction of sp³-hybridized carbons (Fsp3) is 0.623. The summed E-state index contributed by atoms with van der Waals surface area (Å²) in [6, 6.07) is 7.04. The summed E-state index contributed by atoms with van der Waals surface area (Å²) >= 11 is 0. The molecule has 3 aromatic rings. The molecule has 0 bridgehead atoms. The molecule has 0 radical (unpaired) electrons. The number of amides is 6. The van der Waals surface area contributed by atoms with Crippen molar-refractivity contribution in [2.45, 2.75) is 121 Å². The van der Waals surface area contributed by atoms with E-state index in [1.54, 1.807) is 25.8 Å². The maximum atomic E-state index is 14.2. The van der Waals surface area contributed by atoms with Gasteiger partial charge < -0.3 is 80.0 Å². The van der Waals surface area contributed by atoms with Crippen molar-refractivity contribution in [3.8, 4) is 0 Å². The number of quaternary nitrogens is 1. The zero-order valence-corrected chi connectivity index (χ0v) is 54.3. The number of hydrogen-bond donors (Lipinski definition) is 12. The van der Waals surface area contributed by atoms with Gasteiger partial charge in [-0.25, -0.2) is 14.4 Å². The number of carboxylic acid groups (broad SMARTS) is 6. The highest BCUT2D eigenvalue weighted by molar-refractivity contribution is 6.58. The smallest absolute Gasteiger partial charge is 0.481 e. The van der Waals surface area contributed by atoms with Crippen LogP contribution in [0.5, 0.6) is 0 Å². The monoisotopic (exact) mass is 1360 g/mol. The lowest BCUT2D eigenvalue weighted by Crippen LogP contribution is -2.52. The maximum absolute atomic E-state index is 14.2. The lowest BCUT2D eigenvalue weighted by Gasteiger charge is -2.33. The summed E-state index contributed by atoms with van der Waals surface area (Å²) in [5.74, 6) is -10.1. The van der Waals surface area contributed by atoms with Crippen molar-refractivity contribution in [2.24, 2.45) is 11.8 Å². The van der Waals surface area contributed by atoms with Crippen molar-refractivity contribution >= 4 is 83.2 Å². The molecule has 5 rings (SSSR count). The molecule has 6 amide bonds. The second kappa shape index (κ2) is 38.9. The predicted molar refractivity (Wildman–Crippen MR) is 341 cm³/mol. The van der Waals surface area contributed by atoms with E-state index in [-0.39, 0.29) is 147 Å². The van der Waals surface area contributed by atoms with Gasteiger partial charge >= 0.3 is 48.8 Å². The van der Waals surface area contributed by atoms with E-state index in [1.165, 1.54) is 18.8 Å². The number of hydrogen-bond acceptors (Lipinski definition) is 17. The molecule has 1 saturated heterocycles. The SMILES string of the molecule is C[N+](C)(Cc1cn(CCCC[C@H](NC(=O)CN2CCN(CC(=O)O)CCN(CC(=O)O)CCN(CC(=O)O)CC2)C(=O)NCC2CCC(C(=O)N[C@@H](Cc3ccc4ccccc4c3)C(=O)NCCCC[C@H](NC(=O)N[C@@H](CCC(=O)O)C(=O)O)C(=O)O)CC2)nn1)C[B-](F)(F)F. The highest BCUT2D eigenvalue weighted by Crippen LogP contribution is 2.29. The van der Waals surface area contributed by atoms with Gasteiger partial charge in [0.05, 0.1) is 52.9 Å². The van der Waals surface area contributed by atoms with Crippen LogP contribution in [-0.2, 0) is 67.5 Å². The molecule has 35 heteroatoms. The summed E-state index contributed by atoms with van der Waals surface area (Å²) in [6.45, 7) is -4.65. The number of aryl methyl sites for hydroxylation is 1. The number of halogens is 3. The average Bonchev–Trinajstić information content (AvgIpc) is 0.932. The van der Waals surface area contributed by atoms with Crippen LogP contribution in [0.15, 0.2) is 48.7 Å². The van der Waals surface area contributed by atoms with Crippen LogP contribution in [0.4, 0.5) is 17.7 Å². The Labute approximate surface area is 553 Å². The first kappa shape index (κ1) is 78.2. The predicted octanol–water partition coefficient (Wildman–Crippen LogP) is 0.532. The van der Waals surface area contributed by atoms with E-state index in [9.17, 15) is 91.2 Å². The van der Waals surface area contributed by atoms with Crippen molar-refractivity contribution in [3.63, 3.8) is 0 Å². The summed E-state index contributed by atoms with van der Waals surface area (Å²) in [7, 11) is 2.89. The van der Waals surface area contributed by atoms with Crippen LogP contribution in [-0.4, -0.2) is 279 Å². The molecule has 2 aliphatic rings. The molecule has 2 fully saturated rings. The number of aromatic nitrogens is 3. The van der Waals surface area contributed by atoms with Gasteiger partial charge in [-0.1, -0.05) is 47.7 Å². The highest BCUT2D eigenvalue weighted by atomic mass is 19.4. The third-order valence-electron chi connectivity index (χ3n) is 16.8. The van der Waals surface area contributed by atoms with Gasteiger partial charge in [0.2, 0.25) is 23.6 Å². The molecule has 2 aromatic carbocycles. The topological polar surface area (TPSA) is 425 Å². The molecule has 532 valence electrons. The molecule has 4 atom stereocenters. The lowest BCUT2D eigenvalue weighted by molar-refractivity contribution is -0.895. The fourth-order valence-corrected chi connectivity index (χ4v) is 11.7. The number of aliphatic carboxylic acids is 6. The summed E-state index contributed by atoms with van der Waals surface area (Å²) < 4.78 is 41.0. The van der Waals surface area contributed by atoms with Gasteiger partial charge in [0.15, 0.2) is 0 Å². The minimum Gasteiger partial charge on any atom is -0.481 e. The van der Waals surface area contributed by atoms with Gasteiger partial charge in [0, 0.05) is 90.8 Å². The second-order valence-electron chi connectivity index (χ2n) is 25.4. The molecule has 1 aromatic heterocycles. The van der Waals surface area contributed by atoms with E-state index in [2.05, 4.69) is 42.2 Å². The third-order valence-corrected chi connectivity index (χ3v) is 16.8. The molecule has 0 spiro atoms. The minimum atomic E-state index is -5.06. The first-order chi connectivity index (χ1) is 45.4. The first-order valence-electron chi connectivity index (χ1n) is 32.2. The van der Waals surface area contributed by atoms with Gasteiger partial charge in [-0.05, 0) is 92.9 Å². The molecular formula is C61H92BF3N14O17. The fourth-order valence-electron chi connectivity index (χ4n) is 11.7. The Bertz CT molecular complexity index is 3090. The van der Waals surface area contributed by atoms with Crippen LogP contribution >= 0.6 is 0 Å². The number of nitrogens with zero attached hydrogens (tertiary/aromatic N) is 8. The van der Waals surface area contributed by atoms with E-state index in [0.717, 1.165) is 16.3 Å². The number of rotatable bonds is 38. The Morgan fingerprint density at radius 1 is 0.583 bits per heavy atom. The number of benzene rings is 2. The number of carboxylic acids is 6. The molecule has 96 heavy (non-hydrogen) atoms. The van der Waals surface area contributed by atoms with E-state index in [4.69, 9.17) is 5.11 Å². The molecule has 1 aliphatic heterocycles. The number of unbranched alkanes of at least 4 members (excludes halogenated alkanes) is 2. The van der Waals surface area contributed by atoms with Gasteiger partial charge in [-0.2, -0.15) is 0 Å². The number of carbonyl (C=O) groups is 11. The Morgan fingerprint density at radius 2 is 1.10 bits per heavy atom.